The Kier molecular flexibility index (Phi) is 6.35. The summed E-state index contributed by atoms with van der Waals surface area (Å²) in [6.45, 7) is 10.1. The first-order valence-corrected chi connectivity index (χ1v) is 10.3. The number of rotatable bonds is 4. The molecule has 3 rings (SSSR count). The lowest BCUT2D eigenvalue weighted by atomic mass is 10.0. The quantitative estimate of drug-likeness (QED) is 0.717. The second-order valence-electron chi connectivity index (χ2n) is 7.59. The highest BCUT2D eigenvalue weighted by molar-refractivity contribution is 9.10. The highest BCUT2D eigenvalue weighted by atomic mass is 79.9. The van der Waals surface area contributed by atoms with E-state index in [1.807, 2.05) is 19.9 Å². The zero-order chi connectivity index (χ0) is 20.4. The van der Waals surface area contributed by atoms with Crippen LogP contribution >= 0.6 is 15.9 Å². The first kappa shape index (κ1) is 20.7. The highest BCUT2D eigenvalue weighted by Crippen LogP contribution is 2.33. The zero-order valence-corrected chi connectivity index (χ0v) is 18.2. The van der Waals surface area contributed by atoms with Gasteiger partial charge in [0.15, 0.2) is 0 Å². The Hall–Kier alpha value is -1.99. The summed E-state index contributed by atoms with van der Waals surface area (Å²) in [5.74, 6) is -0.418. The Morgan fingerprint density at radius 3 is 2.86 bits per heavy atom. The van der Waals surface area contributed by atoms with E-state index < -0.39 is 5.82 Å². The van der Waals surface area contributed by atoms with Gasteiger partial charge in [0.1, 0.15) is 5.82 Å². The van der Waals surface area contributed by atoms with E-state index in [-0.39, 0.29) is 17.9 Å². The molecule has 2 aromatic rings. The van der Waals surface area contributed by atoms with Crippen LogP contribution in [0.25, 0.3) is 0 Å². The molecule has 0 aliphatic carbocycles. The molecule has 1 aliphatic heterocycles. The maximum absolute atomic E-state index is 14.3. The van der Waals surface area contributed by atoms with Crippen LogP contribution in [0.5, 0.6) is 0 Å². The first-order valence-electron chi connectivity index (χ1n) is 9.52. The minimum Gasteiger partial charge on any atom is -0.353 e. The van der Waals surface area contributed by atoms with E-state index in [0.29, 0.717) is 28.8 Å². The minimum atomic E-state index is -0.455. The fraction of sp³-hybridized carbons (Fsp3) is 0.429. The van der Waals surface area contributed by atoms with Gasteiger partial charge in [-0.2, -0.15) is 0 Å². The van der Waals surface area contributed by atoms with Crippen molar-refractivity contribution in [1.82, 2.24) is 15.2 Å². The molecule has 5 nitrogen and oxygen atoms in total. The number of amides is 1. The summed E-state index contributed by atoms with van der Waals surface area (Å²) in [5.41, 5.74) is 3.69. The topological polar surface area (TPSA) is 57.3 Å². The Morgan fingerprint density at radius 1 is 1.43 bits per heavy atom. The van der Waals surface area contributed by atoms with Crippen molar-refractivity contribution in [1.29, 1.82) is 0 Å². The number of aromatic nitrogens is 1. The van der Waals surface area contributed by atoms with Crippen molar-refractivity contribution >= 4 is 33.2 Å². The molecule has 150 valence electrons. The fourth-order valence-electron chi connectivity index (χ4n) is 3.43. The van der Waals surface area contributed by atoms with Crippen molar-refractivity contribution in [3.63, 3.8) is 0 Å². The molecule has 0 unspecified atom stereocenters. The molecular formula is C21H26BrFN4O. The second kappa shape index (κ2) is 8.57. The van der Waals surface area contributed by atoms with Gasteiger partial charge in [-0.1, -0.05) is 13.8 Å². The number of carbonyl (C=O) groups excluding carboxylic acids is 1. The van der Waals surface area contributed by atoms with E-state index in [4.69, 9.17) is 0 Å². The maximum Gasteiger partial charge on any atom is 0.256 e. The molecular weight excluding hydrogens is 423 g/mol. The number of hydrogen-bond acceptors (Lipinski definition) is 4. The van der Waals surface area contributed by atoms with Gasteiger partial charge >= 0.3 is 0 Å². The number of nitrogens with zero attached hydrogens (tertiary/aromatic N) is 2. The molecule has 1 fully saturated rings. The van der Waals surface area contributed by atoms with Crippen LogP contribution in [0.1, 0.15) is 48.3 Å². The van der Waals surface area contributed by atoms with Crippen LogP contribution in [0.4, 0.5) is 15.8 Å². The third kappa shape index (κ3) is 4.36. The lowest BCUT2D eigenvalue weighted by Crippen LogP contribution is -2.51. The van der Waals surface area contributed by atoms with Crippen molar-refractivity contribution in [2.45, 2.75) is 39.7 Å². The molecule has 1 atom stereocenters. The van der Waals surface area contributed by atoms with Crippen LogP contribution in [0.3, 0.4) is 0 Å². The van der Waals surface area contributed by atoms with Crippen molar-refractivity contribution in [3.8, 4) is 0 Å². The van der Waals surface area contributed by atoms with Gasteiger partial charge in [-0.25, -0.2) is 4.39 Å². The van der Waals surface area contributed by atoms with Gasteiger partial charge in [-0.3, -0.25) is 9.78 Å². The van der Waals surface area contributed by atoms with Gasteiger partial charge in [0.05, 0.1) is 27.1 Å². The van der Waals surface area contributed by atoms with E-state index in [1.165, 1.54) is 6.07 Å². The lowest BCUT2D eigenvalue weighted by Gasteiger charge is -2.32. The lowest BCUT2D eigenvalue weighted by molar-refractivity contribution is 0.0709. The van der Waals surface area contributed by atoms with Crippen molar-refractivity contribution < 1.29 is 9.18 Å². The summed E-state index contributed by atoms with van der Waals surface area (Å²) in [6, 6.07) is 5.07. The molecule has 0 saturated carbocycles. The van der Waals surface area contributed by atoms with Gasteiger partial charge in [0, 0.05) is 31.9 Å². The number of aryl methyl sites for hydroxylation is 1. The summed E-state index contributed by atoms with van der Waals surface area (Å²) < 4.78 is 14.6. The van der Waals surface area contributed by atoms with E-state index in [9.17, 15) is 9.18 Å². The number of benzene rings is 1. The second-order valence-corrected chi connectivity index (χ2v) is 8.44. The van der Waals surface area contributed by atoms with Gasteiger partial charge in [0.2, 0.25) is 0 Å². The van der Waals surface area contributed by atoms with Gasteiger partial charge in [-0.05, 0) is 59.5 Å². The summed E-state index contributed by atoms with van der Waals surface area (Å²) in [7, 11) is 0. The van der Waals surface area contributed by atoms with Crippen LogP contribution in [-0.4, -0.2) is 41.5 Å². The summed E-state index contributed by atoms with van der Waals surface area (Å²) >= 11 is 3.25. The molecule has 2 N–H and O–H groups in total. The predicted octanol–water partition coefficient (Wildman–Crippen LogP) is 4.59. The van der Waals surface area contributed by atoms with Crippen molar-refractivity contribution in [3.05, 3.63) is 51.5 Å². The number of nitrogens with one attached hydrogen (secondary N) is 2. The standard InChI is InChI=1S/C21H26BrFN4O/c1-12(2)19-20(13(3)5-6-25-19)26-18-10-16(22)17(23)9-15(18)21(28)27-8-7-24-14(4)11-27/h5-6,9-10,12,14,24,26H,7-8,11H2,1-4H3/t14-/m1/s1. The number of hydrogen-bond donors (Lipinski definition) is 2. The Morgan fingerprint density at radius 2 is 2.18 bits per heavy atom. The number of pyridine rings is 1. The Bertz CT molecular complexity index is 887. The number of piperazine rings is 1. The van der Waals surface area contributed by atoms with E-state index in [2.05, 4.69) is 45.4 Å². The van der Waals surface area contributed by atoms with Gasteiger partial charge in [0.25, 0.3) is 5.91 Å². The van der Waals surface area contributed by atoms with Crippen LogP contribution in [-0.2, 0) is 0 Å². The fourth-order valence-corrected chi connectivity index (χ4v) is 3.77. The van der Waals surface area contributed by atoms with Crippen molar-refractivity contribution in [2.75, 3.05) is 25.0 Å². The van der Waals surface area contributed by atoms with Crippen molar-refractivity contribution in [2.24, 2.45) is 0 Å². The predicted molar refractivity (Wildman–Crippen MR) is 114 cm³/mol. The van der Waals surface area contributed by atoms with Crippen LogP contribution < -0.4 is 10.6 Å². The normalized spacial score (nSPS) is 17.1. The molecule has 0 radical (unpaired) electrons. The number of anilines is 2. The summed E-state index contributed by atoms with van der Waals surface area (Å²) in [6.07, 6.45) is 1.78. The molecule has 0 bridgehead atoms. The van der Waals surface area contributed by atoms with Crippen LogP contribution in [0, 0.1) is 12.7 Å². The maximum atomic E-state index is 14.3. The first-order chi connectivity index (χ1) is 13.3. The molecule has 7 heteroatoms. The van der Waals surface area contributed by atoms with E-state index in [1.54, 1.807) is 17.2 Å². The molecule has 1 amide bonds. The summed E-state index contributed by atoms with van der Waals surface area (Å²) in [5, 5.41) is 6.69. The SMILES string of the molecule is Cc1ccnc(C(C)C)c1Nc1cc(Br)c(F)cc1C(=O)N1CCN[C@H](C)C1. The molecule has 28 heavy (non-hydrogen) atoms. The largest absolute Gasteiger partial charge is 0.353 e. The van der Waals surface area contributed by atoms with Gasteiger partial charge in [-0.15, -0.1) is 0 Å². The van der Waals surface area contributed by atoms with E-state index >= 15 is 0 Å². The minimum absolute atomic E-state index is 0.171. The van der Waals surface area contributed by atoms with Gasteiger partial charge < -0.3 is 15.5 Å². The highest BCUT2D eigenvalue weighted by Gasteiger charge is 2.25. The summed E-state index contributed by atoms with van der Waals surface area (Å²) in [4.78, 5) is 19.5. The zero-order valence-electron chi connectivity index (χ0n) is 16.6. The molecule has 2 heterocycles. The molecule has 1 saturated heterocycles. The third-order valence-corrected chi connectivity index (χ3v) is 5.55. The Labute approximate surface area is 173 Å². The molecule has 0 spiro atoms. The molecule has 1 aromatic carbocycles. The average Bonchev–Trinajstić information content (AvgIpc) is 2.65. The smallest absolute Gasteiger partial charge is 0.256 e. The Balaban J connectivity index is 2.03. The molecule has 1 aromatic heterocycles. The monoisotopic (exact) mass is 448 g/mol. The van der Waals surface area contributed by atoms with Crippen LogP contribution in [0.2, 0.25) is 0 Å². The number of halogens is 2. The number of carbonyl (C=O) groups is 1. The average molecular weight is 449 g/mol. The van der Waals surface area contributed by atoms with E-state index in [0.717, 1.165) is 23.5 Å². The third-order valence-electron chi connectivity index (χ3n) is 4.94. The van der Waals surface area contributed by atoms with Crippen LogP contribution in [0.15, 0.2) is 28.9 Å². The molecule has 1 aliphatic rings.